The molecule has 0 bridgehead atoms. The minimum Gasteiger partial charge on any atom is -0.457 e. The second-order valence-corrected chi connectivity index (χ2v) is 7.22. The zero-order valence-corrected chi connectivity index (χ0v) is 16.4. The van der Waals surface area contributed by atoms with Crippen molar-refractivity contribution in [3.05, 3.63) is 90.5 Å². The number of esters is 1. The normalized spacial score (nSPS) is 15.8. The molecule has 1 atom stereocenters. The maximum Gasteiger partial charge on any atom is 0.311 e. The fraction of sp³-hybridized carbons (Fsp3) is 0.160. The first-order valence-corrected chi connectivity index (χ1v) is 9.82. The van der Waals surface area contributed by atoms with Gasteiger partial charge in [-0.3, -0.25) is 14.4 Å². The summed E-state index contributed by atoms with van der Waals surface area (Å²) in [5.74, 6) is -1.47. The average Bonchev–Trinajstić information content (AvgIpc) is 3.20. The molecular weight excluding hydrogens is 378 g/mol. The third-order valence-electron chi connectivity index (χ3n) is 5.19. The van der Waals surface area contributed by atoms with Crippen LogP contribution in [0.3, 0.4) is 0 Å². The summed E-state index contributed by atoms with van der Waals surface area (Å²) in [6.45, 7) is -0.0683. The molecular formula is C25H21NO4. The number of anilines is 1. The summed E-state index contributed by atoms with van der Waals surface area (Å²) in [7, 11) is 0. The van der Waals surface area contributed by atoms with Gasteiger partial charge in [-0.15, -0.1) is 0 Å². The molecule has 1 aliphatic rings. The fourth-order valence-electron chi connectivity index (χ4n) is 3.54. The Hall–Kier alpha value is -3.73. The van der Waals surface area contributed by atoms with Crippen molar-refractivity contribution in [1.82, 2.24) is 0 Å². The SMILES string of the molecule is O=C(COC(=O)[C@H]1CC(=O)N(c2ccccc2)C1)c1ccc(-c2ccccc2)cc1. The molecule has 4 rings (SSSR count). The Morgan fingerprint density at radius 1 is 0.833 bits per heavy atom. The molecule has 0 aromatic heterocycles. The molecule has 1 saturated heterocycles. The molecule has 30 heavy (non-hydrogen) atoms. The van der Waals surface area contributed by atoms with Crippen molar-refractivity contribution in [3.63, 3.8) is 0 Å². The highest BCUT2D eigenvalue weighted by Crippen LogP contribution is 2.25. The predicted molar refractivity (Wildman–Crippen MR) is 114 cm³/mol. The molecule has 1 heterocycles. The van der Waals surface area contributed by atoms with Gasteiger partial charge in [0.05, 0.1) is 5.92 Å². The third kappa shape index (κ3) is 4.30. The maximum absolute atomic E-state index is 12.4. The number of Topliss-reactive ketones (excluding diaryl/α,β-unsaturated/α-hetero) is 1. The number of ether oxygens (including phenoxy) is 1. The molecule has 5 heteroatoms. The monoisotopic (exact) mass is 399 g/mol. The molecule has 5 nitrogen and oxygen atoms in total. The van der Waals surface area contributed by atoms with Crippen molar-refractivity contribution in [3.8, 4) is 11.1 Å². The van der Waals surface area contributed by atoms with Crippen LogP contribution in [0.2, 0.25) is 0 Å². The van der Waals surface area contributed by atoms with Crippen molar-refractivity contribution < 1.29 is 19.1 Å². The van der Waals surface area contributed by atoms with E-state index in [9.17, 15) is 14.4 Å². The van der Waals surface area contributed by atoms with E-state index in [1.54, 1.807) is 17.0 Å². The van der Waals surface area contributed by atoms with Gasteiger partial charge in [0.1, 0.15) is 0 Å². The van der Waals surface area contributed by atoms with E-state index in [1.165, 1.54) is 0 Å². The molecule has 3 aromatic rings. The highest BCUT2D eigenvalue weighted by atomic mass is 16.5. The zero-order valence-electron chi connectivity index (χ0n) is 16.4. The van der Waals surface area contributed by atoms with Gasteiger partial charge in [0.25, 0.3) is 0 Å². The molecule has 150 valence electrons. The number of nitrogens with zero attached hydrogens (tertiary/aromatic N) is 1. The van der Waals surface area contributed by atoms with Crippen LogP contribution in [0.25, 0.3) is 11.1 Å². The van der Waals surface area contributed by atoms with Crippen LogP contribution in [0.5, 0.6) is 0 Å². The van der Waals surface area contributed by atoms with E-state index in [2.05, 4.69) is 0 Å². The molecule has 1 fully saturated rings. The van der Waals surface area contributed by atoms with Crippen LogP contribution < -0.4 is 4.90 Å². The minimum atomic E-state index is -0.564. The van der Waals surface area contributed by atoms with Crippen molar-refractivity contribution >= 4 is 23.3 Å². The molecule has 0 radical (unpaired) electrons. The number of ketones is 1. The Kier molecular flexibility index (Phi) is 5.70. The van der Waals surface area contributed by atoms with Crippen LogP contribution in [-0.4, -0.2) is 30.8 Å². The molecule has 1 aliphatic heterocycles. The first kappa shape index (κ1) is 19.6. The number of benzene rings is 3. The number of para-hydroxylation sites is 1. The molecule has 1 amide bonds. The van der Waals surface area contributed by atoms with Gasteiger partial charge in [0.2, 0.25) is 5.91 Å². The number of carbonyl (C=O) groups excluding carboxylic acids is 3. The summed E-state index contributed by atoms with van der Waals surface area (Å²) in [6.07, 6.45) is 0.0910. The molecule has 0 aliphatic carbocycles. The summed E-state index contributed by atoms with van der Waals surface area (Å²) < 4.78 is 5.22. The summed E-state index contributed by atoms with van der Waals surface area (Å²) in [5, 5.41) is 0. The Labute approximate surface area is 174 Å². The first-order valence-electron chi connectivity index (χ1n) is 9.82. The van der Waals surface area contributed by atoms with Crippen molar-refractivity contribution in [2.75, 3.05) is 18.1 Å². The number of hydrogen-bond donors (Lipinski definition) is 0. The van der Waals surface area contributed by atoms with E-state index in [4.69, 9.17) is 4.74 Å². The smallest absolute Gasteiger partial charge is 0.311 e. The molecule has 0 saturated carbocycles. The van der Waals surface area contributed by atoms with Crippen LogP contribution in [0.1, 0.15) is 16.8 Å². The quantitative estimate of drug-likeness (QED) is 0.462. The van der Waals surface area contributed by atoms with E-state index in [0.717, 1.165) is 16.8 Å². The average molecular weight is 399 g/mol. The van der Waals surface area contributed by atoms with Crippen molar-refractivity contribution in [2.24, 2.45) is 5.92 Å². The maximum atomic E-state index is 12.4. The van der Waals surface area contributed by atoms with Gasteiger partial charge in [-0.1, -0.05) is 72.8 Å². The van der Waals surface area contributed by atoms with Crippen molar-refractivity contribution in [2.45, 2.75) is 6.42 Å². The number of hydrogen-bond acceptors (Lipinski definition) is 4. The van der Waals surface area contributed by atoms with Crippen LogP contribution in [0.4, 0.5) is 5.69 Å². The van der Waals surface area contributed by atoms with Crippen molar-refractivity contribution in [1.29, 1.82) is 0 Å². The summed E-state index contributed by atoms with van der Waals surface area (Å²) in [5.41, 5.74) is 3.31. The van der Waals surface area contributed by atoms with Gasteiger partial charge >= 0.3 is 5.97 Å². The van der Waals surface area contributed by atoms with Crippen LogP contribution in [0.15, 0.2) is 84.9 Å². The minimum absolute atomic E-state index is 0.0910. The fourth-order valence-corrected chi connectivity index (χ4v) is 3.54. The van der Waals surface area contributed by atoms with Gasteiger partial charge in [-0.25, -0.2) is 0 Å². The van der Waals surface area contributed by atoms with Gasteiger partial charge in [-0.2, -0.15) is 0 Å². The van der Waals surface area contributed by atoms with E-state index in [-0.39, 0.29) is 31.3 Å². The van der Waals surface area contributed by atoms with Gasteiger partial charge < -0.3 is 9.64 Å². The predicted octanol–water partition coefficient (Wildman–Crippen LogP) is 4.13. The lowest BCUT2D eigenvalue weighted by atomic mass is 10.0. The number of amides is 1. The number of rotatable bonds is 6. The Morgan fingerprint density at radius 2 is 1.43 bits per heavy atom. The van der Waals surface area contributed by atoms with Crippen LogP contribution in [0, 0.1) is 5.92 Å². The topological polar surface area (TPSA) is 63.7 Å². The van der Waals surface area contributed by atoms with Gasteiger partial charge in [-0.05, 0) is 23.3 Å². The lowest BCUT2D eigenvalue weighted by Crippen LogP contribution is -2.27. The van der Waals surface area contributed by atoms with E-state index < -0.39 is 11.9 Å². The lowest BCUT2D eigenvalue weighted by Gasteiger charge is -2.16. The molecule has 0 unspecified atom stereocenters. The Balaban J connectivity index is 1.33. The Morgan fingerprint density at radius 3 is 2.10 bits per heavy atom. The summed E-state index contributed by atoms with van der Waals surface area (Å²) >= 11 is 0. The number of carbonyl (C=O) groups is 3. The summed E-state index contributed by atoms with van der Waals surface area (Å²) in [4.78, 5) is 38.6. The molecule has 0 N–H and O–H groups in total. The molecule has 3 aromatic carbocycles. The highest BCUT2D eigenvalue weighted by molar-refractivity contribution is 6.01. The zero-order chi connectivity index (χ0) is 20.9. The first-order chi connectivity index (χ1) is 14.6. The second kappa shape index (κ2) is 8.74. The van der Waals surface area contributed by atoms with Gasteiger partial charge in [0.15, 0.2) is 12.4 Å². The third-order valence-corrected chi connectivity index (χ3v) is 5.19. The van der Waals surface area contributed by atoms with Crippen LogP contribution in [-0.2, 0) is 14.3 Å². The Bertz CT molecular complexity index is 1050. The van der Waals surface area contributed by atoms with E-state index >= 15 is 0 Å². The molecule has 0 spiro atoms. The van der Waals surface area contributed by atoms with Crippen LogP contribution >= 0.6 is 0 Å². The lowest BCUT2D eigenvalue weighted by molar-refractivity contribution is -0.147. The van der Waals surface area contributed by atoms with Gasteiger partial charge in [0, 0.05) is 24.2 Å². The van der Waals surface area contributed by atoms with E-state index in [1.807, 2.05) is 72.8 Å². The largest absolute Gasteiger partial charge is 0.457 e. The van der Waals surface area contributed by atoms with E-state index in [0.29, 0.717) is 5.56 Å². The highest BCUT2D eigenvalue weighted by Gasteiger charge is 2.36. The summed E-state index contributed by atoms with van der Waals surface area (Å²) in [6, 6.07) is 26.3. The second-order valence-electron chi connectivity index (χ2n) is 7.22. The standard InChI is InChI=1S/C25H21NO4/c27-23(20-13-11-19(12-14-20)18-7-3-1-4-8-18)17-30-25(29)21-15-24(28)26(16-21)22-9-5-2-6-10-22/h1-14,21H,15-17H2/t21-/m0/s1.